The topological polar surface area (TPSA) is 77.8 Å². The number of allylic oxidation sites excluding steroid dienone is 2. The molecule has 4 heteroatoms. The van der Waals surface area contributed by atoms with E-state index >= 15 is 0 Å². The number of carboxylic acids is 1. The van der Waals surface area contributed by atoms with Crippen LogP contribution in [0.25, 0.3) is 0 Å². The van der Waals surface area contributed by atoms with Crippen LogP contribution in [0.15, 0.2) is 11.6 Å². The maximum absolute atomic E-state index is 10.7. The van der Waals surface area contributed by atoms with E-state index in [4.69, 9.17) is 5.11 Å². The van der Waals surface area contributed by atoms with Crippen LogP contribution >= 0.6 is 0 Å². The predicted molar refractivity (Wildman–Crippen MR) is 102 cm³/mol. The van der Waals surface area contributed by atoms with Gasteiger partial charge in [-0.15, -0.1) is 0 Å². The molecule has 2 unspecified atom stereocenters. The number of unbranched alkanes of at least 4 members (excludes halogenated alkanes) is 3. The first-order valence-corrected chi connectivity index (χ1v) is 10.2. The van der Waals surface area contributed by atoms with Gasteiger partial charge in [0.25, 0.3) is 0 Å². The highest BCUT2D eigenvalue weighted by molar-refractivity contribution is 5.66. The van der Waals surface area contributed by atoms with Crippen molar-refractivity contribution >= 4 is 5.97 Å². The fourth-order valence-corrected chi connectivity index (χ4v) is 4.64. The van der Waals surface area contributed by atoms with E-state index in [9.17, 15) is 15.0 Å². The van der Waals surface area contributed by atoms with Crippen molar-refractivity contribution < 1.29 is 20.1 Å². The number of fused-ring (bicyclic) bond motifs is 1. The monoisotopic (exact) mass is 362 g/mol. The van der Waals surface area contributed by atoms with Gasteiger partial charge in [-0.25, -0.2) is 0 Å². The molecule has 0 aliphatic heterocycles. The zero-order valence-electron chi connectivity index (χ0n) is 16.2. The van der Waals surface area contributed by atoms with Crippen molar-refractivity contribution in [2.24, 2.45) is 23.7 Å². The molecular weight excluding hydrogens is 328 g/mol. The highest BCUT2D eigenvalue weighted by atomic mass is 16.4. The molecule has 0 aromatic heterocycles. The van der Waals surface area contributed by atoms with Crippen LogP contribution in [0.4, 0.5) is 0 Å². The number of hydrogen-bond donors (Lipinski definition) is 3. The normalized spacial score (nSPS) is 32.9. The van der Waals surface area contributed by atoms with E-state index in [1.165, 1.54) is 18.4 Å². The van der Waals surface area contributed by atoms with E-state index in [1.807, 2.05) is 0 Å². The molecule has 0 spiro atoms. The van der Waals surface area contributed by atoms with Gasteiger partial charge in [-0.2, -0.15) is 0 Å². The number of hydrogen-bond acceptors (Lipinski definition) is 3. The van der Waals surface area contributed by atoms with Gasteiger partial charge in [0.2, 0.25) is 0 Å². The van der Waals surface area contributed by atoms with Crippen LogP contribution in [0, 0.1) is 35.5 Å². The van der Waals surface area contributed by atoms with Crippen LogP contribution in [0.5, 0.6) is 0 Å². The highest BCUT2D eigenvalue weighted by Crippen LogP contribution is 2.55. The van der Waals surface area contributed by atoms with Crippen molar-refractivity contribution in [3.8, 4) is 11.8 Å². The molecule has 2 aliphatic rings. The number of carbonyl (C=O) groups is 1. The first-order valence-electron chi connectivity index (χ1n) is 10.2. The summed E-state index contributed by atoms with van der Waals surface area (Å²) in [4.78, 5) is 10.7. The minimum atomic E-state index is -0.763. The molecule has 2 rings (SSSR count). The third-order valence-electron chi connectivity index (χ3n) is 6.08. The molecule has 2 aliphatic carbocycles. The number of aliphatic hydroxyl groups is 2. The molecule has 3 N–H and O–H groups in total. The van der Waals surface area contributed by atoms with Crippen LogP contribution in [0.1, 0.15) is 71.6 Å². The Labute approximate surface area is 157 Å². The molecule has 0 aromatic rings. The summed E-state index contributed by atoms with van der Waals surface area (Å²) in [5, 5.41) is 29.3. The molecule has 0 bridgehead atoms. The smallest absolute Gasteiger partial charge is 0.303 e. The lowest BCUT2D eigenvalue weighted by Crippen LogP contribution is -2.50. The van der Waals surface area contributed by atoms with Gasteiger partial charge < -0.3 is 15.3 Å². The van der Waals surface area contributed by atoms with Crippen molar-refractivity contribution in [1.82, 2.24) is 0 Å². The van der Waals surface area contributed by atoms with Crippen LogP contribution < -0.4 is 0 Å². The van der Waals surface area contributed by atoms with E-state index in [-0.39, 0.29) is 12.3 Å². The quantitative estimate of drug-likeness (QED) is 0.349. The molecular formula is C22H34O4. The maximum Gasteiger partial charge on any atom is 0.303 e. The summed E-state index contributed by atoms with van der Waals surface area (Å²) in [7, 11) is 0. The van der Waals surface area contributed by atoms with Crippen LogP contribution in [-0.2, 0) is 4.79 Å². The molecule has 0 amide bonds. The number of carboxylic acid groups (broad SMARTS) is 1. The lowest BCUT2D eigenvalue weighted by Gasteiger charge is -2.53. The Bertz CT molecular complexity index is 556. The van der Waals surface area contributed by atoms with Gasteiger partial charge in [0, 0.05) is 6.42 Å². The fraction of sp³-hybridized carbons (Fsp3) is 0.773. The van der Waals surface area contributed by atoms with Crippen LogP contribution in [-0.4, -0.2) is 33.5 Å². The Morgan fingerprint density at radius 3 is 2.77 bits per heavy atom. The average Bonchev–Trinajstić information content (AvgIpc) is 2.61. The molecule has 2 saturated carbocycles. The van der Waals surface area contributed by atoms with Gasteiger partial charge in [0.1, 0.15) is 6.10 Å². The Balaban J connectivity index is 1.93. The second-order valence-electron chi connectivity index (χ2n) is 7.93. The Hall–Kier alpha value is -1.31. The Kier molecular flexibility index (Phi) is 8.18. The molecule has 0 aromatic carbocycles. The first kappa shape index (κ1) is 21.0. The van der Waals surface area contributed by atoms with Crippen molar-refractivity contribution in [3.63, 3.8) is 0 Å². The van der Waals surface area contributed by atoms with Crippen molar-refractivity contribution in [3.05, 3.63) is 11.6 Å². The second kappa shape index (κ2) is 10.1. The molecule has 4 nitrogen and oxygen atoms in total. The zero-order chi connectivity index (χ0) is 19.1. The van der Waals surface area contributed by atoms with E-state index < -0.39 is 18.2 Å². The third-order valence-corrected chi connectivity index (χ3v) is 6.08. The van der Waals surface area contributed by atoms with Gasteiger partial charge >= 0.3 is 5.97 Å². The molecule has 0 heterocycles. The summed E-state index contributed by atoms with van der Waals surface area (Å²) in [6.07, 6.45) is 8.71. The van der Waals surface area contributed by atoms with Gasteiger partial charge in [0.05, 0.1) is 12.0 Å². The minimum absolute atomic E-state index is 0.0781. The summed E-state index contributed by atoms with van der Waals surface area (Å²) >= 11 is 0. The largest absolute Gasteiger partial charge is 0.481 e. The number of aliphatic hydroxyl groups excluding tert-OH is 2. The van der Waals surface area contributed by atoms with Crippen molar-refractivity contribution in [2.75, 3.05) is 0 Å². The summed E-state index contributed by atoms with van der Waals surface area (Å²) in [6.45, 7) is 4.32. The maximum atomic E-state index is 10.7. The Morgan fingerprint density at radius 1 is 1.31 bits per heavy atom. The number of rotatable bonds is 8. The molecule has 2 fully saturated rings. The van der Waals surface area contributed by atoms with Crippen molar-refractivity contribution in [2.45, 2.75) is 83.8 Å². The van der Waals surface area contributed by atoms with E-state index in [0.29, 0.717) is 30.6 Å². The highest BCUT2D eigenvalue weighted by Gasteiger charge is 2.50. The van der Waals surface area contributed by atoms with Crippen LogP contribution in [0.3, 0.4) is 0 Å². The van der Waals surface area contributed by atoms with Gasteiger partial charge in [0.15, 0.2) is 0 Å². The van der Waals surface area contributed by atoms with E-state index in [2.05, 4.69) is 31.8 Å². The number of aliphatic carboxylic acids is 1. The zero-order valence-corrected chi connectivity index (χ0v) is 16.2. The van der Waals surface area contributed by atoms with Crippen LogP contribution in [0.2, 0.25) is 0 Å². The summed E-state index contributed by atoms with van der Waals surface area (Å²) < 4.78 is 0. The molecule has 0 saturated heterocycles. The minimum Gasteiger partial charge on any atom is -0.481 e. The van der Waals surface area contributed by atoms with Crippen molar-refractivity contribution in [1.29, 1.82) is 0 Å². The molecule has 146 valence electrons. The molecule has 26 heavy (non-hydrogen) atoms. The van der Waals surface area contributed by atoms with E-state index in [0.717, 1.165) is 25.7 Å². The van der Waals surface area contributed by atoms with Gasteiger partial charge in [-0.05, 0) is 49.9 Å². The lowest BCUT2D eigenvalue weighted by atomic mass is 9.51. The molecule has 6 atom stereocenters. The summed E-state index contributed by atoms with van der Waals surface area (Å²) in [5.74, 6) is 6.43. The SMILES string of the molecule is CCCCCCC(O)C#C[C@@H]1[C@H]2C(C)C(=CCCC(=O)O)[C@H]2CC[C@H]1O. The van der Waals surface area contributed by atoms with E-state index in [1.54, 1.807) is 0 Å². The molecule has 0 radical (unpaired) electrons. The summed E-state index contributed by atoms with van der Waals surface area (Å²) in [6, 6.07) is 0. The summed E-state index contributed by atoms with van der Waals surface area (Å²) in [5.41, 5.74) is 1.34. The van der Waals surface area contributed by atoms with Gasteiger partial charge in [-0.3, -0.25) is 4.79 Å². The average molecular weight is 363 g/mol. The standard InChI is InChI=1S/C22H34O4/c1-3-4-5-6-8-16(23)11-12-19-20(24)14-13-18-17(15(2)22(18)19)9-7-10-21(25)26/h9,15-16,18-20,22-24H,3-8,10,13-14H2,1-2H3,(H,25,26)/t15?,16?,18-,19+,20-,22+/m1/s1. The first-order chi connectivity index (χ1) is 12.5. The lowest BCUT2D eigenvalue weighted by molar-refractivity contribution is -0.136. The Morgan fingerprint density at radius 2 is 2.08 bits per heavy atom. The second-order valence-corrected chi connectivity index (χ2v) is 7.93. The predicted octanol–water partition coefficient (Wildman–Crippen LogP) is 3.77. The third kappa shape index (κ3) is 5.34. The van der Waals surface area contributed by atoms with Gasteiger partial charge in [-0.1, -0.05) is 56.6 Å². The fourth-order valence-electron chi connectivity index (χ4n) is 4.64.